The Bertz CT molecular complexity index is 921. The molecule has 0 bridgehead atoms. The van der Waals surface area contributed by atoms with E-state index in [1.165, 1.54) is 19.2 Å². The van der Waals surface area contributed by atoms with E-state index in [0.717, 1.165) is 5.56 Å². The Hall–Kier alpha value is -2.71. The monoisotopic (exact) mass is 403 g/mol. The lowest BCUT2D eigenvalue weighted by atomic mass is 10.1. The summed E-state index contributed by atoms with van der Waals surface area (Å²) in [6.07, 6.45) is 0.762. The van der Waals surface area contributed by atoms with Gasteiger partial charge in [-0.15, -0.1) is 0 Å². The number of aryl methyl sites for hydroxylation is 1. The van der Waals surface area contributed by atoms with E-state index in [4.69, 9.17) is 0 Å². The quantitative estimate of drug-likeness (QED) is 0.630. The highest BCUT2D eigenvalue weighted by Gasteiger charge is 2.11. The minimum Gasteiger partial charge on any atom is -0.326 e. The maximum absolute atomic E-state index is 12.1. The molecule has 0 saturated carbocycles. The largest absolute Gasteiger partial charge is 0.326 e. The van der Waals surface area contributed by atoms with E-state index in [2.05, 4.69) is 15.4 Å². The molecule has 0 saturated heterocycles. The lowest BCUT2D eigenvalue weighted by molar-refractivity contribution is -0.119. The van der Waals surface area contributed by atoms with Crippen molar-refractivity contribution in [3.63, 3.8) is 0 Å². The van der Waals surface area contributed by atoms with Crippen LogP contribution in [0.25, 0.3) is 0 Å². The van der Waals surface area contributed by atoms with Crippen molar-refractivity contribution < 1.29 is 18.0 Å². The van der Waals surface area contributed by atoms with Crippen LogP contribution in [0.1, 0.15) is 25.8 Å². The fourth-order valence-corrected chi connectivity index (χ4v) is 3.09. The second-order valence-electron chi connectivity index (χ2n) is 6.62. The maximum Gasteiger partial charge on any atom is 0.240 e. The molecule has 0 aliphatic carbocycles. The third-order valence-corrected chi connectivity index (χ3v) is 5.53. The molecule has 150 valence electrons. The third-order valence-electron chi connectivity index (χ3n) is 4.10. The van der Waals surface area contributed by atoms with Crippen LogP contribution in [0.2, 0.25) is 0 Å². The van der Waals surface area contributed by atoms with Crippen LogP contribution in [0.3, 0.4) is 0 Å². The van der Waals surface area contributed by atoms with Crippen LogP contribution < -0.4 is 15.4 Å². The van der Waals surface area contributed by atoms with Crippen molar-refractivity contribution in [1.82, 2.24) is 4.72 Å². The summed E-state index contributed by atoms with van der Waals surface area (Å²) in [5.74, 6) is -0.317. The molecule has 0 aromatic heterocycles. The highest BCUT2D eigenvalue weighted by Crippen LogP contribution is 2.16. The molecular formula is C20H25N3O4S. The molecule has 7 nitrogen and oxygen atoms in total. The molecule has 28 heavy (non-hydrogen) atoms. The van der Waals surface area contributed by atoms with Gasteiger partial charge in [-0.1, -0.05) is 26.0 Å². The average Bonchev–Trinajstić information content (AvgIpc) is 2.68. The van der Waals surface area contributed by atoms with E-state index < -0.39 is 10.0 Å². The van der Waals surface area contributed by atoms with Gasteiger partial charge < -0.3 is 10.6 Å². The summed E-state index contributed by atoms with van der Waals surface area (Å²) in [5.41, 5.74) is 2.19. The van der Waals surface area contributed by atoms with Crippen LogP contribution in [0, 0.1) is 5.92 Å². The van der Waals surface area contributed by atoms with Gasteiger partial charge in [0.2, 0.25) is 21.8 Å². The zero-order valence-corrected chi connectivity index (χ0v) is 17.0. The van der Waals surface area contributed by atoms with Crippen molar-refractivity contribution in [3.05, 3.63) is 54.1 Å². The highest BCUT2D eigenvalue weighted by atomic mass is 32.2. The third kappa shape index (κ3) is 6.17. The summed E-state index contributed by atoms with van der Waals surface area (Å²) in [5, 5.41) is 5.59. The van der Waals surface area contributed by atoms with Crippen molar-refractivity contribution >= 4 is 33.2 Å². The smallest absolute Gasteiger partial charge is 0.240 e. The van der Waals surface area contributed by atoms with Gasteiger partial charge in [0, 0.05) is 23.7 Å². The Morgan fingerprint density at radius 3 is 1.93 bits per heavy atom. The first-order valence-electron chi connectivity index (χ1n) is 8.94. The summed E-state index contributed by atoms with van der Waals surface area (Å²) in [6, 6.07) is 13.4. The summed E-state index contributed by atoms with van der Waals surface area (Å²) in [4.78, 5) is 24.0. The summed E-state index contributed by atoms with van der Waals surface area (Å²) >= 11 is 0. The van der Waals surface area contributed by atoms with Crippen LogP contribution in [0.15, 0.2) is 53.4 Å². The van der Waals surface area contributed by atoms with Crippen molar-refractivity contribution in [1.29, 1.82) is 0 Å². The Morgan fingerprint density at radius 1 is 0.893 bits per heavy atom. The molecule has 2 amide bonds. The first-order valence-corrected chi connectivity index (χ1v) is 10.4. The second kappa shape index (κ2) is 9.48. The van der Waals surface area contributed by atoms with Gasteiger partial charge in [0.25, 0.3) is 0 Å². The molecule has 3 N–H and O–H groups in total. The Kier molecular flexibility index (Phi) is 7.31. The second-order valence-corrected chi connectivity index (χ2v) is 8.51. The number of sulfonamides is 1. The number of carbonyl (C=O) groups excluding carboxylic acids is 2. The molecule has 2 rings (SSSR count). The average molecular weight is 404 g/mol. The van der Waals surface area contributed by atoms with Gasteiger partial charge in [-0.05, 0) is 55.4 Å². The zero-order chi connectivity index (χ0) is 20.7. The number of hydrogen-bond donors (Lipinski definition) is 3. The van der Waals surface area contributed by atoms with Crippen molar-refractivity contribution in [2.24, 2.45) is 5.92 Å². The maximum atomic E-state index is 12.1. The lowest BCUT2D eigenvalue weighted by Crippen LogP contribution is -2.18. The predicted octanol–water partition coefficient (Wildman–Crippen LogP) is 2.76. The van der Waals surface area contributed by atoms with E-state index in [1.807, 2.05) is 13.8 Å². The van der Waals surface area contributed by atoms with E-state index in [9.17, 15) is 18.0 Å². The van der Waals surface area contributed by atoms with Crippen LogP contribution in [0.4, 0.5) is 11.4 Å². The van der Waals surface area contributed by atoms with Gasteiger partial charge in [0.05, 0.1) is 4.90 Å². The van der Waals surface area contributed by atoms with E-state index in [0.29, 0.717) is 17.8 Å². The summed E-state index contributed by atoms with van der Waals surface area (Å²) in [6.45, 7) is 3.63. The van der Waals surface area contributed by atoms with E-state index in [-0.39, 0.29) is 29.0 Å². The minimum atomic E-state index is -3.46. The number of carbonyl (C=O) groups is 2. The first kappa shape index (κ1) is 21.6. The van der Waals surface area contributed by atoms with Gasteiger partial charge in [0.1, 0.15) is 0 Å². The molecule has 2 aromatic rings. The molecular weight excluding hydrogens is 378 g/mol. The normalized spacial score (nSPS) is 11.3. The molecule has 0 radical (unpaired) electrons. The molecule has 0 unspecified atom stereocenters. The van der Waals surface area contributed by atoms with Crippen LogP contribution in [0.5, 0.6) is 0 Å². The number of anilines is 2. The van der Waals surface area contributed by atoms with Crippen molar-refractivity contribution in [2.75, 3.05) is 17.7 Å². The first-order chi connectivity index (χ1) is 13.2. The fourth-order valence-electron chi connectivity index (χ4n) is 2.36. The number of hydrogen-bond acceptors (Lipinski definition) is 4. The molecule has 0 fully saturated rings. The number of benzene rings is 2. The topological polar surface area (TPSA) is 104 Å². The van der Waals surface area contributed by atoms with Crippen LogP contribution in [-0.4, -0.2) is 27.3 Å². The minimum absolute atomic E-state index is 0.0645. The number of rotatable bonds is 8. The van der Waals surface area contributed by atoms with Crippen molar-refractivity contribution in [3.8, 4) is 0 Å². The molecule has 8 heteroatoms. The molecule has 2 aromatic carbocycles. The van der Waals surface area contributed by atoms with E-state index >= 15 is 0 Å². The van der Waals surface area contributed by atoms with Crippen LogP contribution in [-0.2, 0) is 26.0 Å². The van der Waals surface area contributed by atoms with Gasteiger partial charge in [-0.25, -0.2) is 13.1 Å². The molecule has 0 aliphatic rings. The van der Waals surface area contributed by atoms with Gasteiger partial charge in [-0.3, -0.25) is 9.59 Å². The molecule has 0 aliphatic heterocycles. The van der Waals surface area contributed by atoms with Gasteiger partial charge >= 0.3 is 0 Å². The summed E-state index contributed by atoms with van der Waals surface area (Å²) in [7, 11) is -2.10. The molecule has 0 heterocycles. The molecule has 0 spiro atoms. The zero-order valence-electron chi connectivity index (χ0n) is 16.2. The molecule has 0 atom stereocenters. The Labute approximate surface area is 165 Å². The summed E-state index contributed by atoms with van der Waals surface area (Å²) < 4.78 is 25.7. The Balaban J connectivity index is 1.86. The highest BCUT2D eigenvalue weighted by molar-refractivity contribution is 7.89. The SMILES string of the molecule is CNS(=O)(=O)c1ccc(CCC(=O)Nc2ccc(NC(=O)C(C)C)cc2)cc1. The van der Waals surface area contributed by atoms with Gasteiger partial charge in [0.15, 0.2) is 0 Å². The fraction of sp³-hybridized carbons (Fsp3) is 0.300. The number of nitrogens with one attached hydrogen (secondary N) is 3. The number of amides is 2. The Morgan fingerprint density at radius 2 is 1.43 bits per heavy atom. The van der Waals surface area contributed by atoms with Crippen molar-refractivity contribution in [2.45, 2.75) is 31.6 Å². The van der Waals surface area contributed by atoms with E-state index in [1.54, 1.807) is 36.4 Å². The predicted molar refractivity (Wildman–Crippen MR) is 110 cm³/mol. The van der Waals surface area contributed by atoms with Crippen LogP contribution >= 0.6 is 0 Å². The van der Waals surface area contributed by atoms with Gasteiger partial charge in [-0.2, -0.15) is 0 Å². The lowest BCUT2D eigenvalue weighted by Gasteiger charge is -2.09. The standard InChI is InChI=1S/C20H25N3O4S/c1-14(2)20(25)23-17-9-7-16(8-10-17)22-19(24)13-6-15-4-11-18(12-5-15)28(26,27)21-3/h4-5,7-12,14,21H,6,13H2,1-3H3,(H,22,24)(H,23,25).